The van der Waals surface area contributed by atoms with E-state index < -0.39 is 0 Å². The molecule has 1 aliphatic carbocycles. The van der Waals surface area contributed by atoms with Gasteiger partial charge in [0.15, 0.2) is 0 Å². The number of ether oxygens (including phenoxy) is 1. The van der Waals surface area contributed by atoms with Crippen LogP contribution in [0.1, 0.15) is 36.4 Å². The molecule has 1 aromatic heterocycles. The van der Waals surface area contributed by atoms with Crippen molar-refractivity contribution in [3.8, 4) is 16.3 Å². The molecule has 2 aromatic rings. The first-order valence-corrected chi connectivity index (χ1v) is 9.01. The lowest BCUT2D eigenvalue weighted by molar-refractivity contribution is 0.228. The monoisotopic (exact) mass is 332 g/mol. The average molecular weight is 332 g/mol. The molecule has 124 valence electrons. The van der Waals surface area contributed by atoms with Crippen LogP contribution < -0.4 is 10.1 Å². The van der Waals surface area contributed by atoms with Crippen molar-refractivity contribution < 1.29 is 9.84 Å². The Bertz CT molecular complexity index is 639. The fourth-order valence-corrected chi connectivity index (χ4v) is 4.11. The Kier molecular flexibility index (Phi) is 5.30. The molecule has 5 heteroatoms. The minimum atomic E-state index is 0.229. The van der Waals surface area contributed by atoms with Gasteiger partial charge in [0.05, 0.1) is 12.8 Å². The summed E-state index contributed by atoms with van der Waals surface area (Å²) in [5.74, 6) is 1.15. The van der Waals surface area contributed by atoms with E-state index in [1.807, 2.05) is 12.1 Å². The molecule has 1 aliphatic rings. The van der Waals surface area contributed by atoms with Gasteiger partial charge in [0, 0.05) is 29.6 Å². The number of aromatic nitrogens is 1. The third-order valence-electron chi connectivity index (χ3n) is 4.31. The number of thiazole rings is 1. The summed E-state index contributed by atoms with van der Waals surface area (Å²) in [6.07, 6.45) is 3.38. The van der Waals surface area contributed by atoms with Crippen molar-refractivity contribution in [2.75, 3.05) is 20.3 Å². The number of nitrogens with one attached hydrogen (secondary N) is 1. The highest BCUT2D eigenvalue weighted by Gasteiger charge is 2.25. The van der Waals surface area contributed by atoms with E-state index in [-0.39, 0.29) is 12.5 Å². The van der Waals surface area contributed by atoms with Gasteiger partial charge in [-0.3, -0.25) is 0 Å². The summed E-state index contributed by atoms with van der Waals surface area (Å²) in [7, 11) is 1.68. The molecular formula is C18H24N2O2S. The van der Waals surface area contributed by atoms with Crippen LogP contribution in [0, 0.1) is 5.92 Å². The van der Waals surface area contributed by atoms with Crippen molar-refractivity contribution >= 4 is 11.3 Å². The Balaban J connectivity index is 1.79. The highest BCUT2D eigenvalue weighted by atomic mass is 32.1. The number of aliphatic hydroxyl groups is 1. The summed E-state index contributed by atoms with van der Waals surface area (Å²) in [4.78, 5) is 6.23. The Morgan fingerprint density at radius 1 is 1.39 bits per heavy atom. The maximum absolute atomic E-state index is 9.20. The molecule has 0 amide bonds. The van der Waals surface area contributed by atoms with Crippen molar-refractivity contribution in [3.63, 3.8) is 0 Å². The van der Waals surface area contributed by atoms with Gasteiger partial charge in [-0.1, -0.05) is 6.92 Å². The van der Waals surface area contributed by atoms with Crippen molar-refractivity contribution in [2.24, 2.45) is 5.92 Å². The molecule has 4 nitrogen and oxygen atoms in total. The van der Waals surface area contributed by atoms with E-state index in [1.165, 1.54) is 17.0 Å². The minimum Gasteiger partial charge on any atom is -0.497 e. The smallest absolute Gasteiger partial charge is 0.123 e. The number of rotatable bonds is 6. The number of fused-ring (bicyclic) bond motifs is 1. The van der Waals surface area contributed by atoms with Crippen LogP contribution >= 0.6 is 11.3 Å². The van der Waals surface area contributed by atoms with E-state index in [1.54, 1.807) is 18.4 Å². The van der Waals surface area contributed by atoms with Crippen molar-refractivity contribution in [3.05, 3.63) is 34.8 Å². The van der Waals surface area contributed by atoms with E-state index in [0.29, 0.717) is 6.04 Å². The molecule has 2 atom stereocenters. The summed E-state index contributed by atoms with van der Waals surface area (Å²) in [5, 5.41) is 13.9. The molecule has 1 aromatic carbocycles. The van der Waals surface area contributed by atoms with Crippen LogP contribution in [0.2, 0.25) is 0 Å². The second-order valence-corrected chi connectivity index (χ2v) is 7.23. The van der Waals surface area contributed by atoms with Crippen LogP contribution in [-0.4, -0.2) is 30.4 Å². The van der Waals surface area contributed by atoms with E-state index in [0.717, 1.165) is 35.7 Å². The van der Waals surface area contributed by atoms with Gasteiger partial charge in [0.1, 0.15) is 10.8 Å². The number of hydrogen-bond donors (Lipinski definition) is 2. The lowest BCUT2D eigenvalue weighted by atomic mass is 9.97. The summed E-state index contributed by atoms with van der Waals surface area (Å²) in [6.45, 7) is 3.13. The molecule has 2 unspecified atom stereocenters. The fraction of sp³-hybridized carbons (Fsp3) is 0.500. The zero-order valence-corrected chi connectivity index (χ0v) is 14.5. The Hall–Kier alpha value is -1.43. The largest absolute Gasteiger partial charge is 0.497 e. The Morgan fingerprint density at radius 3 is 2.87 bits per heavy atom. The molecule has 2 N–H and O–H groups in total. The predicted molar refractivity (Wildman–Crippen MR) is 94.0 cm³/mol. The molecule has 0 saturated carbocycles. The van der Waals surface area contributed by atoms with E-state index >= 15 is 0 Å². The highest BCUT2D eigenvalue weighted by molar-refractivity contribution is 7.15. The Morgan fingerprint density at radius 2 is 2.17 bits per heavy atom. The maximum Gasteiger partial charge on any atom is 0.123 e. The first-order valence-electron chi connectivity index (χ1n) is 8.19. The normalized spacial score (nSPS) is 18.5. The van der Waals surface area contributed by atoms with Crippen LogP contribution in [0.4, 0.5) is 0 Å². The third kappa shape index (κ3) is 3.74. The lowest BCUT2D eigenvalue weighted by Crippen LogP contribution is -2.29. The number of hydrogen-bond acceptors (Lipinski definition) is 5. The quantitative estimate of drug-likeness (QED) is 0.851. The van der Waals surface area contributed by atoms with Gasteiger partial charge in [-0.2, -0.15) is 0 Å². The van der Waals surface area contributed by atoms with E-state index in [2.05, 4.69) is 24.4 Å². The van der Waals surface area contributed by atoms with Crippen LogP contribution in [0.15, 0.2) is 24.3 Å². The first-order chi connectivity index (χ1) is 11.2. The van der Waals surface area contributed by atoms with Gasteiger partial charge in [-0.25, -0.2) is 4.98 Å². The second-order valence-electron chi connectivity index (χ2n) is 6.20. The summed E-state index contributed by atoms with van der Waals surface area (Å²) in [5.41, 5.74) is 2.38. The molecule has 23 heavy (non-hydrogen) atoms. The molecule has 0 fully saturated rings. The number of benzene rings is 1. The average Bonchev–Trinajstić information content (AvgIpc) is 3.04. The molecule has 0 radical (unpaired) electrons. The molecule has 1 heterocycles. The molecule has 0 spiro atoms. The van der Waals surface area contributed by atoms with Crippen molar-refractivity contribution in [1.29, 1.82) is 0 Å². The summed E-state index contributed by atoms with van der Waals surface area (Å²) >= 11 is 1.79. The fourth-order valence-electron chi connectivity index (χ4n) is 2.88. The lowest BCUT2D eigenvalue weighted by Gasteiger charge is -2.23. The van der Waals surface area contributed by atoms with E-state index in [4.69, 9.17) is 9.72 Å². The van der Waals surface area contributed by atoms with Gasteiger partial charge in [0.25, 0.3) is 0 Å². The third-order valence-corrected chi connectivity index (χ3v) is 5.57. The van der Waals surface area contributed by atoms with Gasteiger partial charge >= 0.3 is 0 Å². The van der Waals surface area contributed by atoms with Crippen LogP contribution in [-0.2, 0) is 6.42 Å². The number of nitrogens with zero attached hydrogens (tertiary/aromatic N) is 1. The van der Waals surface area contributed by atoms with Gasteiger partial charge in [-0.05, 0) is 49.4 Å². The topological polar surface area (TPSA) is 54.4 Å². The van der Waals surface area contributed by atoms with Crippen LogP contribution in [0.25, 0.3) is 10.6 Å². The standard InChI is InChI=1S/C18H24N2O2S/c1-12(11-21)10-19-15-4-3-5-16-17(15)23-18(20-16)13-6-8-14(22-2)9-7-13/h6-9,12,15,19,21H,3-5,10-11H2,1-2H3. The van der Waals surface area contributed by atoms with Gasteiger partial charge < -0.3 is 15.2 Å². The predicted octanol–water partition coefficient (Wildman–Crippen LogP) is 3.41. The zero-order chi connectivity index (χ0) is 16.2. The highest BCUT2D eigenvalue weighted by Crippen LogP contribution is 2.38. The van der Waals surface area contributed by atoms with Crippen LogP contribution in [0.3, 0.4) is 0 Å². The van der Waals surface area contributed by atoms with Gasteiger partial charge in [-0.15, -0.1) is 11.3 Å². The molecule has 0 aliphatic heterocycles. The SMILES string of the molecule is COc1ccc(-c2nc3c(s2)C(NCC(C)CO)CCC3)cc1. The van der Waals surface area contributed by atoms with Crippen molar-refractivity contribution in [2.45, 2.75) is 32.2 Å². The second kappa shape index (κ2) is 7.43. The number of aliphatic hydroxyl groups excluding tert-OH is 1. The van der Waals surface area contributed by atoms with E-state index in [9.17, 15) is 5.11 Å². The number of aryl methyl sites for hydroxylation is 1. The molecule has 0 bridgehead atoms. The molecular weight excluding hydrogens is 308 g/mol. The van der Waals surface area contributed by atoms with Crippen molar-refractivity contribution in [1.82, 2.24) is 10.3 Å². The van der Waals surface area contributed by atoms with Crippen LogP contribution in [0.5, 0.6) is 5.75 Å². The Labute approximate surface area is 141 Å². The van der Waals surface area contributed by atoms with Gasteiger partial charge in [0.2, 0.25) is 0 Å². The summed E-state index contributed by atoms with van der Waals surface area (Å²) < 4.78 is 5.22. The number of methoxy groups -OCH3 is 1. The molecule has 0 saturated heterocycles. The molecule has 3 rings (SSSR count). The zero-order valence-electron chi connectivity index (χ0n) is 13.7. The maximum atomic E-state index is 9.20. The first kappa shape index (κ1) is 16.4. The summed E-state index contributed by atoms with van der Waals surface area (Å²) in [6, 6.07) is 8.47. The minimum absolute atomic E-state index is 0.229.